The molecule has 6 nitrogen and oxygen atoms in total. The third-order valence-corrected chi connectivity index (χ3v) is 4.50. The predicted molar refractivity (Wildman–Crippen MR) is 102 cm³/mol. The van der Waals surface area contributed by atoms with Crippen LogP contribution in [-0.4, -0.2) is 31.5 Å². The summed E-state index contributed by atoms with van der Waals surface area (Å²) in [6, 6.07) is 14.3. The highest BCUT2D eigenvalue weighted by atomic mass is 16.5. The first kappa shape index (κ1) is 18.8. The molecule has 1 aliphatic rings. The van der Waals surface area contributed by atoms with Gasteiger partial charge in [-0.1, -0.05) is 30.3 Å². The number of rotatable bonds is 6. The molecule has 1 atom stereocenters. The minimum absolute atomic E-state index is 0.129. The van der Waals surface area contributed by atoms with Crippen LogP contribution in [0.25, 0.3) is 0 Å². The van der Waals surface area contributed by atoms with E-state index < -0.39 is 6.04 Å². The molecule has 1 aliphatic heterocycles. The van der Waals surface area contributed by atoms with Gasteiger partial charge in [-0.25, -0.2) is 0 Å². The maximum Gasteiger partial charge on any atom is 0.252 e. The molecule has 0 spiro atoms. The maximum atomic E-state index is 12.5. The number of nitrogens with one attached hydrogen (secondary N) is 2. The number of amides is 2. The summed E-state index contributed by atoms with van der Waals surface area (Å²) in [5.74, 6) is 0.606. The highest BCUT2D eigenvalue weighted by Crippen LogP contribution is 2.29. The van der Waals surface area contributed by atoms with E-state index in [4.69, 9.17) is 9.47 Å². The first-order chi connectivity index (χ1) is 13.2. The van der Waals surface area contributed by atoms with Crippen molar-refractivity contribution in [1.82, 2.24) is 10.6 Å². The van der Waals surface area contributed by atoms with Gasteiger partial charge in [0.2, 0.25) is 5.91 Å². The minimum atomic E-state index is -0.500. The molecular formula is C21H24N2O4. The molecule has 0 saturated carbocycles. The van der Waals surface area contributed by atoms with Crippen LogP contribution in [0.3, 0.4) is 0 Å². The number of hydrogen-bond donors (Lipinski definition) is 2. The van der Waals surface area contributed by atoms with Gasteiger partial charge in [0.1, 0.15) is 12.6 Å². The lowest BCUT2D eigenvalue weighted by Crippen LogP contribution is -2.45. The van der Waals surface area contributed by atoms with E-state index in [1.165, 1.54) is 7.11 Å². The largest absolute Gasteiger partial charge is 0.493 e. The Bertz CT molecular complexity index is 792. The summed E-state index contributed by atoms with van der Waals surface area (Å²) in [5.41, 5.74) is 1.47. The van der Waals surface area contributed by atoms with Crippen LogP contribution in [0, 0.1) is 0 Å². The second-order valence-corrected chi connectivity index (χ2v) is 6.45. The lowest BCUT2D eigenvalue weighted by atomic mass is 10.1. The molecule has 3 rings (SSSR count). The van der Waals surface area contributed by atoms with Gasteiger partial charge in [-0.05, 0) is 43.0 Å². The van der Waals surface area contributed by atoms with E-state index in [9.17, 15) is 9.59 Å². The highest BCUT2D eigenvalue weighted by Gasteiger charge is 2.23. The normalized spacial score (nSPS) is 16.8. The minimum Gasteiger partial charge on any atom is -0.493 e. The Morgan fingerprint density at radius 1 is 1.15 bits per heavy atom. The molecule has 142 valence electrons. The zero-order chi connectivity index (χ0) is 19.1. The van der Waals surface area contributed by atoms with Crippen molar-refractivity contribution in [2.75, 3.05) is 13.7 Å². The third-order valence-electron chi connectivity index (χ3n) is 4.50. The van der Waals surface area contributed by atoms with Gasteiger partial charge >= 0.3 is 0 Å². The van der Waals surface area contributed by atoms with Gasteiger partial charge in [-0.15, -0.1) is 0 Å². The van der Waals surface area contributed by atoms with Gasteiger partial charge in [0.15, 0.2) is 11.5 Å². The molecule has 27 heavy (non-hydrogen) atoms. The summed E-state index contributed by atoms with van der Waals surface area (Å²) in [7, 11) is 1.53. The van der Waals surface area contributed by atoms with Gasteiger partial charge in [0, 0.05) is 12.1 Å². The van der Waals surface area contributed by atoms with Crippen molar-refractivity contribution >= 4 is 11.8 Å². The van der Waals surface area contributed by atoms with Crippen LogP contribution >= 0.6 is 0 Å². The Morgan fingerprint density at radius 2 is 1.96 bits per heavy atom. The number of methoxy groups -OCH3 is 1. The fourth-order valence-electron chi connectivity index (χ4n) is 2.98. The van der Waals surface area contributed by atoms with E-state index in [2.05, 4.69) is 10.6 Å². The number of carbonyl (C=O) groups excluding carboxylic acids is 2. The van der Waals surface area contributed by atoms with Crippen molar-refractivity contribution in [2.24, 2.45) is 0 Å². The number of benzene rings is 2. The van der Waals surface area contributed by atoms with Gasteiger partial charge in [-0.2, -0.15) is 0 Å². The molecule has 0 aromatic heterocycles. The first-order valence-corrected chi connectivity index (χ1v) is 9.10. The molecule has 2 amide bonds. The predicted octanol–water partition coefficient (Wildman–Crippen LogP) is 2.67. The average Bonchev–Trinajstić information content (AvgIpc) is 2.91. The van der Waals surface area contributed by atoms with Gasteiger partial charge in [0.25, 0.3) is 5.91 Å². The van der Waals surface area contributed by atoms with Crippen molar-refractivity contribution in [3.05, 3.63) is 59.7 Å². The van der Waals surface area contributed by atoms with Crippen LogP contribution in [-0.2, 0) is 11.4 Å². The Hall–Kier alpha value is -3.02. The van der Waals surface area contributed by atoms with E-state index in [1.54, 1.807) is 18.2 Å². The molecule has 2 aromatic carbocycles. The van der Waals surface area contributed by atoms with Crippen molar-refractivity contribution in [2.45, 2.75) is 31.9 Å². The van der Waals surface area contributed by atoms with Crippen molar-refractivity contribution in [3.8, 4) is 11.5 Å². The van der Waals surface area contributed by atoms with Crippen LogP contribution in [0.4, 0.5) is 0 Å². The van der Waals surface area contributed by atoms with Crippen LogP contribution in [0.2, 0.25) is 0 Å². The lowest BCUT2D eigenvalue weighted by molar-refractivity contribution is -0.122. The Morgan fingerprint density at radius 3 is 2.74 bits per heavy atom. The monoisotopic (exact) mass is 368 g/mol. The smallest absolute Gasteiger partial charge is 0.252 e. The van der Waals surface area contributed by atoms with Gasteiger partial charge in [0.05, 0.1) is 7.11 Å². The van der Waals surface area contributed by atoms with Crippen molar-refractivity contribution in [3.63, 3.8) is 0 Å². The molecule has 1 saturated heterocycles. The van der Waals surface area contributed by atoms with Crippen LogP contribution in [0.5, 0.6) is 11.5 Å². The number of carbonyl (C=O) groups is 2. The second kappa shape index (κ2) is 9.07. The molecule has 2 N–H and O–H groups in total. The SMILES string of the molecule is COc1cc(C(=O)NC2CCCCNC2=O)ccc1OCc1ccccc1. The average molecular weight is 368 g/mol. The molecule has 0 aliphatic carbocycles. The zero-order valence-electron chi connectivity index (χ0n) is 15.4. The fraction of sp³-hybridized carbons (Fsp3) is 0.333. The van der Waals surface area contributed by atoms with Crippen LogP contribution in [0.1, 0.15) is 35.2 Å². The summed E-state index contributed by atoms with van der Waals surface area (Å²) in [6.07, 6.45) is 2.48. The van der Waals surface area contributed by atoms with Crippen LogP contribution in [0.15, 0.2) is 48.5 Å². The highest BCUT2D eigenvalue weighted by molar-refractivity contribution is 5.98. The molecule has 0 radical (unpaired) electrons. The van der Waals surface area contributed by atoms with E-state index in [1.807, 2.05) is 30.3 Å². The fourth-order valence-corrected chi connectivity index (χ4v) is 2.98. The molecule has 1 fully saturated rings. The molecule has 1 unspecified atom stereocenters. The Kier molecular flexibility index (Phi) is 6.30. The molecule has 6 heteroatoms. The van der Waals surface area contributed by atoms with Crippen molar-refractivity contribution in [1.29, 1.82) is 0 Å². The van der Waals surface area contributed by atoms with Crippen molar-refractivity contribution < 1.29 is 19.1 Å². The Labute approximate surface area is 158 Å². The molecule has 0 bridgehead atoms. The summed E-state index contributed by atoms with van der Waals surface area (Å²) >= 11 is 0. The molecule has 1 heterocycles. The molecular weight excluding hydrogens is 344 g/mol. The van der Waals surface area contributed by atoms with E-state index in [0.29, 0.717) is 36.6 Å². The maximum absolute atomic E-state index is 12.5. The summed E-state index contributed by atoms with van der Waals surface area (Å²) in [6.45, 7) is 1.07. The van der Waals surface area contributed by atoms with E-state index in [-0.39, 0.29) is 11.8 Å². The van der Waals surface area contributed by atoms with E-state index in [0.717, 1.165) is 18.4 Å². The summed E-state index contributed by atoms with van der Waals surface area (Å²) in [5, 5.41) is 5.62. The van der Waals surface area contributed by atoms with Gasteiger partial charge < -0.3 is 20.1 Å². The lowest BCUT2D eigenvalue weighted by Gasteiger charge is -2.16. The van der Waals surface area contributed by atoms with Crippen LogP contribution < -0.4 is 20.1 Å². The Balaban J connectivity index is 1.67. The quantitative estimate of drug-likeness (QED) is 0.822. The number of hydrogen-bond acceptors (Lipinski definition) is 4. The zero-order valence-corrected chi connectivity index (χ0v) is 15.4. The second-order valence-electron chi connectivity index (χ2n) is 6.45. The number of ether oxygens (including phenoxy) is 2. The first-order valence-electron chi connectivity index (χ1n) is 9.10. The molecule has 2 aromatic rings. The summed E-state index contributed by atoms with van der Waals surface area (Å²) in [4.78, 5) is 24.5. The summed E-state index contributed by atoms with van der Waals surface area (Å²) < 4.78 is 11.2. The van der Waals surface area contributed by atoms with E-state index >= 15 is 0 Å². The standard InChI is InChI=1S/C21H24N2O4/c1-26-19-13-16(20(24)23-17-9-5-6-12-22-21(17)25)10-11-18(19)27-14-15-7-3-2-4-8-15/h2-4,7-8,10-11,13,17H,5-6,9,12,14H2,1H3,(H,22,25)(H,23,24). The van der Waals surface area contributed by atoms with Gasteiger partial charge in [-0.3, -0.25) is 9.59 Å². The third kappa shape index (κ3) is 5.00. The topological polar surface area (TPSA) is 76.7 Å².